The summed E-state index contributed by atoms with van der Waals surface area (Å²) in [4.78, 5) is 12.7. The molecule has 0 saturated heterocycles. The fourth-order valence-electron chi connectivity index (χ4n) is 1.32. The summed E-state index contributed by atoms with van der Waals surface area (Å²) in [5.41, 5.74) is 0. The molecule has 0 aliphatic carbocycles. The second-order valence-electron chi connectivity index (χ2n) is 3.43. The molecule has 2 rings (SSSR count). The fourth-order valence-corrected chi connectivity index (χ4v) is 2.19. The lowest BCUT2D eigenvalue weighted by Gasteiger charge is -2.02. The van der Waals surface area contributed by atoms with Gasteiger partial charge in [-0.1, -0.05) is 18.2 Å². The third-order valence-corrected chi connectivity index (χ3v) is 3.13. The molecule has 0 spiro atoms. The molecule has 0 fully saturated rings. The summed E-state index contributed by atoms with van der Waals surface area (Å²) >= 11 is 1.67. The molecule has 0 aliphatic rings. The number of anilines is 1. The number of rotatable bonds is 5. The van der Waals surface area contributed by atoms with Gasteiger partial charge in [-0.2, -0.15) is 5.10 Å². The number of carbonyl (C=O) groups is 1. The first-order chi connectivity index (χ1) is 8.34. The standard InChI is InChI=1S/C12H13N3OS/c16-12(14-11-6-8-13-15-11)7-9-17-10-4-2-1-3-5-10/h1-6,8H,7,9H2,(H2,13,14,15,16). The Hall–Kier alpha value is -1.75. The van der Waals surface area contributed by atoms with Gasteiger partial charge in [-0.15, -0.1) is 11.8 Å². The molecule has 2 N–H and O–H groups in total. The van der Waals surface area contributed by atoms with Crippen molar-refractivity contribution in [3.05, 3.63) is 42.6 Å². The summed E-state index contributed by atoms with van der Waals surface area (Å²) in [6.45, 7) is 0. The SMILES string of the molecule is O=C(CCSc1ccccc1)Nc1ccn[nH]1. The van der Waals surface area contributed by atoms with E-state index < -0.39 is 0 Å². The van der Waals surface area contributed by atoms with E-state index in [1.807, 2.05) is 30.3 Å². The molecular formula is C12H13N3OS. The molecule has 0 radical (unpaired) electrons. The number of nitrogens with zero attached hydrogens (tertiary/aromatic N) is 1. The van der Waals surface area contributed by atoms with Crippen molar-refractivity contribution >= 4 is 23.5 Å². The maximum absolute atomic E-state index is 11.5. The number of amides is 1. The van der Waals surface area contributed by atoms with Crippen LogP contribution in [-0.2, 0) is 4.79 Å². The first-order valence-corrected chi connectivity index (χ1v) is 6.30. The summed E-state index contributed by atoms with van der Waals surface area (Å²) in [5, 5.41) is 9.18. The number of carbonyl (C=O) groups excluding carboxylic acids is 1. The van der Waals surface area contributed by atoms with Gasteiger partial charge in [0.2, 0.25) is 5.91 Å². The lowest BCUT2D eigenvalue weighted by atomic mass is 10.4. The maximum Gasteiger partial charge on any atom is 0.226 e. The van der Waals surface area contributed by atoms with E-state index in [9.17, 15) is 4.79 Å². The zero-order valence-corrected chi connectivity index (χ0v) is 10.0. The summed E-state index contributed by atoms with van der Waals surface area (Å²) in [6, 6.07) is 11.8. The minimum Gasteiger partial charge on any atom is -0.311 e. The van der Waals surface area contributed by atoms with Crippen molar-refractivity contribution in [1.82, 2.24) is 10.2 Å². The predicted molar refractivity (Wildman–Crippen MR) is 69.0 cm³/mol. The van der Waals surface area contributed by atoms with E-state index in [2.05, 4.69) is 15.5 Å². The summed E-state index contributed by atoms with van der Waals surface area (Å²) in [7, 11) is 0. The van der Waals surface area contributed by atoms with Crippen molar-refractivity contribution in [3.8, 4) is 0 Å². The minimum atomic E-state index is -0.00215. The van der Waals surface area contributed by atoms with Gasteiger partial charge in [0, 0.05) is 23.1 Å². The van der Waals surface area contributed by atoms with Gasteiger partial charge in [0.15, 0.2) is 0 Å². The Labute approximate surface area is 104 Å². The lowest BCUT2D eigenvalue weighted by molar-refractivity contribution is -0.115. The quantitative estimate of drug-likeness (QED) is 0.798. The van der Waals surface area contributed by atoms with Crippen LogP contribution in [0.5, 0.6) is 0 Å². The Balaban J connectivity index is 1.70. The summed E-state index contributed by atoms with van der Waals surface area (Å²) in [5.74, 6) is 1.40. The first kappa shape index (κ1) is 11.7. The lowest BCUT2D eigenvalue weighted by Crippen LogP contribution is -2.12. The molecule has 1 aromatic heterocycles. The molecular weight excluding hydrogens is 234 g/mol. The van der Waals surface area contributed by atoms with Gasteiger partial charge in [-0.05, 0) is 12.1 Å². The number of thioether (sulfide) groups is 1. The van der Waals surface area contributed by atoms with E-state index in [4.69, 9.17) is 0 Å². The average Bonchev–Trinajstić information content (AvgIpc) is 2.83. The number of hydrogen-bond donors (Lipinski definition) is 2. The van der Waals surface area contributed by atoms with Crippen LogP contribution in [0.1, 0.15) is 6.42 Å². The van der Waals surface area contributed by atoms with Crippen LogP contribution in [0.4, 0.5) is 5.82 Å². The Kier molecular flexibility index (Phi) is 4.21. The molecule has 1 amide bonds. The van der Waals surface area contributed by atoms with Gasteiger partial charge >= 0.3 is 0 Å². The maximum atomic E-state index is 11.5. The highest BCUT2D eigenvalue weighted by Crippen LogP contribution is 2.17. The minimum absolute atomic E-state index is 0.00215. The van der Waals surface area contributed by atoms with Crippen molar-refractivity contribution in [2.45, 2.75) is 11.3 Å². The van der Waals surface area contributed by atoms with E-state index in [-0.39, 0.29) is 5.91 Å². The summed E-state index contributed by atoms with van der Waals surface area (Å²) in [6.07, 6.45) is 2.09. The second-order valence-corrected chi connectivity index (χ2v) is 4.60. The number of aromatic nitrogens is 2. The number of H-pyrrole nitrogens is 1. The molecule has 4 nitrogen and oxygen atoms in total. The predicted octanol–water partition coefficient (Wildman–Crippen LogP) is 2.53. The van der Waals surface area contributed by atoms with E-state index >= 15 is 0 Å². The molecule has 0 bridgehead atoms. The average molecular weight is 247 g/mol. The Morgan fingerprint density at radius 2 is 2.12 bits per heavy atom. The number of nitrogens with one attached hydrogen (secondary N) is 2. The van der Waals surface area contributed by atoms with Crippen molar-refractivity contribution in [2.24, 2.45) is 0 Å². The van der Waals surface area contributed by atoms with Crippen molar-refractivity contribution in [3.63, 3.8) is 0 Å². The van der Waals surface area contributed by atoms with Gasteiger partial charge in [-0.25, -0.2) is 0 Å². The zero-order valence-electron chi connectivity index (χ0n) is 9.22. The van der Waals surface area contributed by atoms with Crippen molar-refractivity contribution < 1.29 is 4.79 Å². The molecule has 0 unspecified atom stereocenters. The molecule has 0 atom stereocenters. The van der Waals surface area contributed by atoms with Crippen LogP contribution in [0, 0.1) is 0 Å². The monoisotopic (exact) mass is 247 g/mol. The van der Waals surface area contributed by atoms with E-state index in [0.717, 1.165) is 5.75 Å². The molecule has 0 aliphatic heterocycles. The highest BCUT2D eigenvalue weighted by Gasteiger charge is 2.03. The Bertz CT molecular complexity index is 456. The third kappa shape index (κ3) is 3.96. The van der Waals surface area contributed by atoms with Crippen LogP contribution in [0.2, 0.25) is 0 Å². The van der Waals surface area contributed by atoms with Crippen LogP contribution >= 0.6 is 11.8 Å². The molecule has 0 saturated carbocycles. The topological polar surface area (TPSA) is 57.8 Å². The Morgan fingerprint density at radius 3 is 2.82 bits per heavy atom. The highest BCUT2D eigenvalue weighted by atomic mass is 32.2. The van der Waals surface area contributed by atoms with Crippen LogP contribution in [0.25, 0.3) is 0 Å². The van der Waals surface area contributed by atoms with Crippen LogP contribution < -0.4 is 5.32 Å². The zero-order chi connectivity index (χ0) is 11.9. The number of aromatic amines is 1. The highest BCUT2D eigenvalue weighted by molar-refractivity contribution is 7.99. The van der Waals surface area contributed by atoms with Crippen LogP contribution in [0.15, 0.2) is 47.5 Å². The molecule has 5 heteroatoms. The van der Waals surface area contributed by atoms with Crippen LogP contribution in [0.3, 0.4) is 0 Å². The van der Waals surface area contributed by atoms with Gasteiger partial charge < -0.3 is 5.32 Å². The van der Waals surface area contributed by atoms with Gasteiger partial charge in [0.25, 0.3) is 0 Å². The van der Waals surface area contributed by atoms with Gasteiger partial charge in [0.05, 0.1) is 6.20 Å². The Morgan fingerprint density at radius 1 is 1.29 bits per heavy atom. The largest absolute Gasteiger partial charge is 0.311 e. The first-order valence-electron chi connectivity index (χ1n) is 5.31. The van der Waals surface area contributed by atoms with E-state index in [1.165, 1.54) is 4.90 Å². The van der Waals surface area contributed by atoms with Gasteiger partial charge in [0.1, 0.15) is 5.82 Å². The smallest absolute Gasteiger partial charge is 0.226 e. The molecule has 17 heavy (non-hydrogen) atoms. The van der Waals surface area contributed by atoms with Crippen molar-refractivity contribution in [2.75, 3.05) is 11.1 Å². The second kappa shape index (κ2) is 6.10. The number of benzene rings is 1. The van der Waals surface area contributed by atoms with E-state index in [0.29, 0.717) is 12.2 Å². The number of hydrogen-bond acceptors (Lipinski definition) is 3. The molecule has 1 heterocycles. The van der Waals surface area contributed by atoms with Gasteiger partial charge in [-0.3, -0.25) is 9.89 Å². The van der Waals surface area contributed by atoms with Crippen molar-refractivity contribution in [1.29, 1.82) is 0 Å². The molecule has 2 aromatic rings. The third-order valence-electron chi connectivity index (χ3n) is 2.12. The summed E-state index contributed by atoms with van der Waals surface area (Å²) < 4.78 is 0. The normalized spacial score (nSPS) is 10.1. The molecule has 1 aromatic carbocycles. The molecule has 88 valence electrons. The van der Waals surface area contributed by atoms with E-state index in [1.54, 1.807) is 24.0 Å². The fraction of sp³-hybridized carbons (Fsp3) is 0.167. The van der Waals surface area contributed by atoms with Crippen LogP contribution in [-0.4, -0.2) is 21.9 Å².